The zero-order valence-corrected chi connectivity index (χ0v) is 12.2. The molecule has 0 heterocycles. The summed E-state index contributed by atoms with van der Waals surface area (Å²) in [7, 11) is 1.86. The Hall–Kier alpha value is -2.33. The molecule has 2 aromatic carbocycles. The molecular formula is C17H19NO3. The van der Waals surface area contributed by atoms with Crippen molar-refractivity contribution >= 4 is 5.78 Å². The number of phenols is 2. The Morgan fingerprint density at radius 2 is 1.76 bits per heavy atom. The third-order valence-corrected chi connectivity index (χ3v) is 3.27. The van der Waals surface area contributed by atoms with Crippen LogP contribution in [0.15, 0.2) is 42.5 Å². The summed E-state index contributed by atoms with van der Waals surface area (Å²) in [5.41, 5.74) is 2.56. The first-order valence-electron chi connectivity index (χ1n) is 6.75. The summed E-state index contributed by atoms with van der Waals surface area (Å²) in [6, 6.07) is 12.2. The molecule has 0 saturated heterocycles. The third kappa shape index (κ3) is 4.07. The molecule has 0 bridgehead atoms. The molecule has 0 aliphatic carbocycles. The second kappa shape index (κ2) is 6.41. The zero-order valence-electron chi connectivity index (χ0n) is 12.2. The number of hydrogen-bond acceptors (Lipinski definition) is 4. The molecule has 0 atom stereocenters. The number of Topliss-reactive ketones (excluding diaryl/α,β-unsaturated/α-hetero) is 1. The van der Waals surface area contributed by atoms with Gasteiger partial charge in [-0.1, -0.05) is 29.8 Å². The van der Waals surface area contributed by atoms with Crippen molar-refractivity contribution in [3.05, 3.63) is 59.2 Å². The van der Waals surface area contributed by atoms with Crippen LogP contribution in [0.3, 0.4) is 0 Å². The van der Waals surface area contributed by atoms with E-state index in [1.807, 2.05) is 43.1 Å². The minimum Gasteiger partial charge on any atom is -0.508 e. The van der Waals surface area contributed by atoms with Gasteiger partial charge in [-0.05, 0) is 31.7 Å². The van der Waals surface area contributed by atoms with E-state index >= 15 is 0 Å². The van der Waals surface area contributed by atoms with Crippen LogP contribution in [0.4, 0.5) is 0 Å². The van der Waals surface area contributed by atoms with E-state index in [-0.39, 0.29) is 29.4 Å². The number of carbonyl (C=O) groups is 1. The first-order chi connectivity index (χ1) is 9.95. The molecule has 0 fully saturated rings. The van der Waals surface area contributed by atoms with Crippen molar-refractivity contribution in [1.29, 1.82) is 0 Å². The highest BCUT2D eigenvalue weighted by atomic mass is 16.3. The fourth-order valence-corrected chi connectivity index (χ4v) is 2.15. The molecule has 2 rings (SSSR count). The van der Waals surface area contributed by atoms with E-state index in [0.29, 0.717) is 6.54 Å². The number of carbonyl (C=O) groups excluding carboxylic acids is 1. The van der Waals surface area contributed by atoms with Crippen molar-refractivity contribution in [3.8, 4) is 11.5 Å². The minimum absolute atomic E-state index is 0.0583. The van der Waals surface area contributed by atoms with Crippen molar-refractivity contribution in [1.82, 2.24) is 4.90 Å². The Kier molecular flexibility index (Phi) is 4.60. The van der Waals surface area contributed by atoms with Crippen LogP contribution < -0.4 is 0 Å². The van der Waals surface area contributed by atoms with E-state index < -0.39 is 0 Å². The van der Waals surface area contributed by atoms with Crippen LogP contribution >= 0.6 is 0 Å². The normalized spacial score (nSPS) is 10.8. The number of hydrogen-bond donors (Lipinski definition) is 2. The second-order valence-electron chi connectivity index (χ2n) is 5.28. The summed E-state index contributed by atoms with van der Waals surface area (Å²) in [4.78, 5) is 14.0. The van der Waals surface area contributed by atoms with Gasteiger partial charge in [-0.25, -0.2) is 0 Å². The van der Waals surface area contributed by atoms with Crippen LogP contribution in [-0.2, 0) is 6.54 Å². The molecule has 0 aromatic heterocycles. The first kappa shape index (κ1) is 15.1. The molecule has 4 heteroatoms. The molecule has 2 aromatic rings. The summed E-state index contributed by atoms with van der Waals surface area (Å²) < 4.78 is 0. The van der Waals surface area contributed by atoms with Gasteiger partial charge in [0.1, 0.15) is 11.5 Å². The lowest BCUT2D eigenvalue weighted by Crippen LogP contribution is -2.25. The first-order valence-corrected chi connectivity index (χ1v) is 6.75. The number of benzene rings is 2. The topological polar surface area (TPSA) is 60.8 Å². The highest BCUT2D eigenvalue weighted by molar-refractivity contribution is 6.00. The van der Waals surface area contributed by atoms with Crippen LogP contribution in [0.25, 0.3) is 0 Å². The SMILES string of the molecule is Cc1ccc(CN(C)CC(=O)c2ccc(O)cc2O)cc1. The molecule has 0 amide bonds. The Morgan fingerprint density at radius 1 is 1.10 bits per heavy atom. The number of aryl methyl sites for hydroxylation is 1. The van der Waals surface area contributed by atoms with Gasteiger partial charge < -0.3 is 10.2 Å². The van der Waals surface area contributed by atoms with E-state index in [0.717, 1.165) is 5.56 Å². The van der Waals surface area contributed by atoms with E-state index in [1.54, 1.807) is 0 Å². The summed E-state index contributed by atoms with van der Waals surface area (Å²) >= 11 is 0. The molecule has 0 aliphatic heterocycles. The fraction of sp³-hybridized carbons (Fsp3) is 0.235. The predicted molar refractivity (Wildman–Crippen MR) is 81.6 cm³/mol. The van der Waals surface area contributed by atoms with Crippen molar-refractivity contribution in [2.24, 2.45) is 0 Å². The molecular weight excluding hydrogens is 266 g/mol. The smallest absolute Gasteiger partial charge is 0.180 e. The summed E-state index contributed by atoms with van der Waals surface area (Å²) in [5.74, 6) is -0.428. The Balaban J connectivity index is 2.00. The Morgan fingerprint density at radius 3 is 2.38 bits per heavy atom. The Bertz CT molecular complexity index is 635. The lowest BCUT2D eigenvalue weighted by atomic mass is 10.1. The maximum absolute atomic E-state index is 12.1. The fourth-order valence-electron chi connectivity index (χ4n) is 2.15. The quantitative estimate of drug-likeness (QED) is 0.829. The van der Waals surface area contributed by atoms with Crippen molar-refractivity contribution in [2.75, 3.05) is 13.6 Å². The second-order valence-corrected chi connectivity index (χ2v) is 5.28. The van der Waals surface area contributed by atoms with Gasteiger partial charge >= 0.3 is 0 Å². The predicted octanol–water partition coefficient (Wildman–Crippen LogP) is 2.72. The number of nitrogens with zero attached hydrogens (tertiary/aromatic N) is 1. The lowest BCUT2D eigenvalue weighted by molar-refractivity contribution is 0.0940. The minimum atomic E-state index is -0.191. The van der Waals surface area contributed by atoms with Gasteiger partial charge in [0, 0.05) is 12.6 Å². The number of aromatic hydroxyl groups is 2. The van der Waals surface area contributed by atoms with Crippen molar-refractivity contribution in [2.45, 2.75) is 13.5 Å². The number of rotatable bonds is 5. The number of likely N-dealkylation sites (N-methyl/N-ethyl adjacent to an activating group) is 1. The van der Waals surface area contributed by atoms with Gasteiger partial charge in [0.2, 0.25) is 0 Å². The molecule has 21 heavy (non-hydrogen) atoms. The van der Waals surface area contributed by atoms with Crippen molar-refractivity contribution in [3.63, 3.8) is 0 Å². The van der Waals surface area contributed by atoms with E-state index in [2.05, 4.69) is 0 Å². The highest BCUT2D eigenvalue weighted by Gasteiger charge is 2.14. The van der Waals surface area contributed by atoms with E-state index in [4.69, 9.17) is 0 Å². The molecule has 2 N–H and O–H groups in total. The molecule has 0 spiro atoms. The largest absolute Gasteiger partial charge is 0.508 e. The van der Waals surface area contributed by atoms with Gasteiger partial charge in [-0.3, -0.25) is 9.69 Å². The van der Waals surface area contributed by atoms with Crippen LogP contribution in [0.5, 0.6) is 11.5 Å². The van der Waals surface area contributed by atoms with Crippen molar-refractivity contribution < 1.29 is 15.0 Å². The summed E-state index contributed by atoms with van der Waals surface area (Å²) in [6.07, 6.45) is 0. The van der Waals surface area contributed by atoms with Crippen LogP contribution in [-0.4, -0.2) is 34.5 Å². The van der Waals surface area contributed by atoms with Gasteiger partial charge in [-0.2, -0.15) is 0 Å². The highest BCUT2D eigenvalue weighted by Crippen LogP contribution is 2.23. The molecule has 0 radical (unpaired) electrons. The van der Waals surface area contributed by atoms with E-state index in [1.165, 1.54) is 23.8 Å². The van der Waals surface area contributed by atoms with Gasteiger partial charge in [-0.15, -0.1) is 0 Å². The lowest BCUT2D eigenvalue weighted by Gasteiger charge is -2.16. The third-order valence-electron chi connectivity index (χ3n) is 3.27. The van der Waals surface area contributed by atoms with Gasteiger partial charge in [0.15, 0.2) is 5.78 Å². The zero-order chi connectivity index (χ0) is 15.4. The summed E-state index contributed by atoms with van der Waals surface area (Å²) in [6.45, 7) is 2.89. The maximum Gasteiger partial charge on any atom is 0.180 e. The van der Waals surface area contributed by atoms with Crippen LogP contribution in [0, 0.1) is 6.92 Å². The number of phenolic OH excluding ortho intramolecular Hbond substituents is 2. The number of ketones is 1. The van der Waals surface area contributed by atoms with Crippen LogP contribution in [0.1, 0.15) is 21.5 Å². The van der Waals surface area contributed by atoms with Gasteiger partial charge in [0.05, 0.1) is 12.1 Å². The standard InChI is InChI=1S/C17H19NO3/c1-12-3-5-13(6-4-12)10-18(2)11-17(21)15-8-7-14(19)9-16(15)20/h3-9,19-20H,10-11H2,1-2H3. The molecule has 0 saturated carbocycles. The van der Waals surface area contributed by atoms with Gasteiger partial charge in [0.25, 0.3) is 0 Å². The van der Waals surface area contributed by atoms with E-state index in [9.17, 15) is 15.0 Å². The monoisotopic (exact) mass is 285 g/mol. The maximum atomic E-state index is 12.1. The summed E-state index contributed by atoms with van der Waals surface area (Å²) in [5, 5.41) is 18.9. The molecule has 4 nitrogen and oxygen atoms in total. The average molecular weight is 285 g/mol. The molecule has 0 unspecified atom stereocenters. The average Bonchev–Trinajstić information content (AvgIpc) is 2.41. The van der Waals surface area contributed by atoms with Crippen LogP contribution in [0.2, 0.25) is 0 Å². The Labute approximate surface area is 124 Å². The molecule has 0 aliphatic rings. The molecule has 110 valence electrons.